The van der Waals surface area contributed by atoms with Crippen molar-refractivity contribution in [2.45, 2.75) is 11.8 Å². The Balaban J connectivity index is 2.26. The van der Waals surface area contributed by atoms with Crippen molar-refractivity contribution >= 4 is 11.9 Å². The molecule has 10 heteroatoms. The van der Waals surface area contributed by atoms with E-state index in [1.54, 1.807) is 0 Å². The molecule has 1 amide bonds. The van der Waals surface area contributed by atoms with Crippen molar-refractivity contribution in [3.8, 4) is 0 Å². The second-order valence-electron chi connectivity index (χ2n) is 5.06. The molecule has 1 aromatic rings. The molecule has 0 fully saturated rings. The average molecular weight is 345 g/mol. The molecule has 0 unspecified atom stereocenters. The van der Waals surface area contributed by atoms with Gasteiger partial charge in [0.1, 0.15) is 6.54 Å². The highest BCUT2D eigenvalue weighted by Crippen LogP contribution is 2.52. The maximum atomic E-state index is 13.0. The van der Waals surface area contributed by atoms with E-state index in [1.165, 1.54) is 25.3 Å². The van der Waals surface area contributed by atoms with Crippen molar-refractivity contribution in [3.63, 3.8) is 0 Å². The Morgan fingerprint density at radius 1 is 1.33 bits per heavy atom. The van der Waals surface area contributed by atoms with Crippen molar-refractivity contribution in [1.82, 2.24) is 4.90 Å². The Morgan fingerprint density at radius 3 is 2.50 bits per heavy atom. The molecular formula is C14H14F3N3O4. The van der Waals surface area contributed by atoms with Gasteiger partial charge < -0.3 is 14.7 Å². The van der Waals surface area contributed by atoms with Crippen molar-refractivity contribution in [2.75, 3.05) is 26.8 Å². The molecule has 7 nitrogen and oxygen atoms in total. The van der Waals surface area contributed by atoms with E-state index >= 15 is 0 Å². The smallest absolute Gasteiger partial charge is 0.442 e. The summed E-state index contributed by atoms with van der Waals surface area (Å²) < 4.78 is 43.9. The number of carboxylic acids is 1. The first-order valence-electron chi connectivity index (χ1n) is 6.82. The largest absolute Gasteiger partial charge is 0.480 e. The van der Waals surface area contributed by atoms with Crippen LogP contribution >= 0.6 is 0 Å². The molecule has 0 atom stereocenters. The minimum absolute atomic E-state index is 0.00890. The molecule has 0 saturated heterocycles. The summed E-state index contributed by atoms with van der Waals surface area (Å²) >= 11 is 0. The van der Waals surface area contributed by atoms with E-state index in [0.29, 0.717) is 0 Å². The van der Waals surface area contributed by atoms with Gasteiger partial charge in [-0.1, -0.05) is 12.1 Å². The van der Waals surface area contributed by atoms with Crippen LogP contribution < -0.4 is 0 Å². The second kappa shape index (κ2) is 6.56. The highest BCUT2D eigenvalue weighted by atomic mass is 19.4. The minimum atomic E-state index is -4.70. The number of halogens is 3. The van der Waals surface area contributed by atoms with Gasteiger partial charge in [0.2, 0.25) is 0 Å². The van der Waals surface area contributed by atoms with Crippen LogP contribution in [-0.4, -0.2) is 54.9 Å². The molecule has 24 heavy (non-hydrogen) atoms. The minimum Gasteiger partial charge on any atom is -0.480 e. The lowest BCUT2D eigenvalue weighted by Crippen LogP contribution is -2.38. The molecule has 0 bridgehead atoms. The number of hydrogen-bond acceptors (Lipinski definition) is 5. The van der Waals surface area contributed by atoms with E-state index in [-0.39, 0.29) is 24.3 Å². The van der Waals surface area contributed by atoms with Gasteiger partial charge >= 0.3 is 17.8 Å². The summed E-state index contributed by atoms with van der Waals surface area (Å²) in [4.78, 5) is 24.2. The molecule has 1 aliphatic rings. The van der Waals surface area contributed by atoms with Gasteiger partial charge in [0.05, 0.1) is 6.61 Å². The number of benzene rings is 1. The fraction of sp³-hybridized carbons (Fsp3) is 0.429. The number of ether oxygens (including phenoxy) is 1. The molecule has 1 aromatic carbocycles. The zero-order chi connectivity index (χ0) is 18.0. The van der Waals surface area contributed by atoms with Crippen molar-refractivity contribution < 1.29 is 32.6 Å². The number of amides is 1. The molecule has 0 saturated carbocycles. The molecule has 0 radical (unpaired) electrons. The quantitative estimate of drug-likeness (QED) is 0.819. The van der Waals surface area contributed by atoms with Crippen LogP contribution in [0, 0.1) is 0 Å². The highest BCUT2D eigenvalue weighted by molar-refractivity contribution is 5.96. The Bertz CT molecular complexity index is 669. The maximum absolute atomic E-state index is 13.0. The molecular weight excluding hydrogens is 331 g/mol. The van der Waals surface area contributed by atoms with Crippen LogP contribution in [0.25, 0.3) is 0 Å². The molecule has 1 N–H and O–H groups in total. The Hall–Kier alpha value is -2.49. The third-order valence-corrected chi connectivity index (χ3v) is 3.39. The van der Waals surface area contributed by atoms with E-state index in [9.17, 15) is 22.8 Å². The Kier molecular flexibility index (Phi) is 4.88. The summed E-state index contributed by atoms with van der Waals surface area (Å²) in [5, 5.41) is 15.0. The van der Waals surface area contributed by atoms with Gasteiger partial charge in [-0.25, -0.2) is 0 Å². The van der Waals surface area contributed by atoms with Crippen LogP contribution in [0.15, 0.2) is 34.5 Å². The monoisotopic (exact) mass is 345 g/mol. The van der Waals surface area contributed by atoms with E-state index < -0.39 is 30.3 Å². The van der Waals surface area contributed by atoms with Crippen molar-refractivity contribution in [1.29, 1.82) is 0 Å². The highest BCUT2D eigenvalue weighted by Gasteiger charge is 2.65. The lowest BCUT2D eigenvalue weighted by atomic mass is 10.00. The SMILES string of the molecule is COCCN(CC(=O)O)C(=O)c1cccc(C2(C(F)(F)F)N=N2)c1. The number of carbonyl (C=O) groups is 2. The Morgan fingerprint density at radius 2 is 2.00 bits per heavy atom. The van der Waals surface area contributed by atoms with Gasteiger partial charge in [-0.3, -0.25) is 9.59 Å². The molecule has 130 valence electrons. The zero-order valence-electron chi connectivity index (χ0n) is 12.6. The van der Waals surface area contributed by atoms with Crippen molar-refractivity contribution in [2.24, 2.45) is 10.2 Å². The molecule has 0 aliphatic carbocycles. The lowest BCUT2D eigenvalue weighted by Gasteiger charge is -2.21. The van der Waals surface area contributed by atoms with Crippen LogP contribution in [0.5, 0.6) is 0 Å². The van der Waals surface area contributed by atoms with Crippen LogP contribution in [0.3, 0.4) is 0 Å². The standard InChI is InChI=1S/C14H14F3N3O4/c1-24-6-5-20(8-11(21)22)12(23)9-3-2-4-10(7-9)13(18-19-13)14(15,16)17/h2-4,7H,5-6,8H2,1H3,(H,21,22). The van der Waals surface area contributed by atoms with Gasteiger partial charge in [0.25, 0.3) is 5.91 Å². The predicted molar refractivity (Wildman–Crippen MR) is 74.4 cm³/mol. The van der Waals surface area contributed by atoms with Crippen molar-refractivity contribution in [3.05, 3.63) is 35.4 Å². The number of rotatable bonds is 7. The third-order valence-electron chi connectivity index (χ3n) is 3.39. The number of alkyl halides is 3. The first-order valence-corrected chi connectivity index (χ1v) is 6.82. The van der Waals surface area contributed by atoms with Gasteiger partial charge in [-0.05, 0) is 12.1 Å². The summed E-state index contributed by atoms with van der Waals surface area (Å²) in [5.74, 6) is -1.95. The summed E-state index contributed by atoms with van der Waals surface area (Å²) in [5.41, 5.74) is -3.00. The molecule has 2 rings (SSSR count). The molecule has 1 heterocycles. The summed E-state index contributed by atoms with van der Waals surface area (Å²) in [6.45, 7) is -0.507. The number of nitrogens with zero attached hydrogens (tertiary/aromatic N) is 3. The predicted octanol–water partition coefficient (Wildman–Crippen LogP) is 2.04. The van der Waals surface area contributed by atoms with E-state index in [0.717, 1.165) is 11.0 Å². The van der Waals surface area contributed by atoms with Crippen LogP contribution in [0.4, 0.5) is 13.2 Å². The molecule has 0 aromatic heterocycles. The van der Waals surface area contributed by atoms with Gasteiger partial charge in [-0.15, -0.1) is 10.2 Å². The van der Waals surface area contributed by atoms with Gasteiger partial charge in [0, 0.05) is 24.8 Å². The maximum Gasteiger partial charge on any atom is 0.442 e. The Labute approximate surface area is 134 Å². The first kappa shape index (κ1) is 17.9. The average Bonchev–Trinajstić information content (AvgIpc) is 3.32. The number of carbonyl (C=O) groups excluding carboxylic acids is 1. The van der Waals surface area contributed by atoms with Crippen LogP contribution in [-0.2, 0) is 15.2 Å². The summed E-state index contributed by atoms with van der Waals surface area (Å²) in [6.07, 6.45) is -4.70. The zero-order valence-corrected chi connectivity index (χ0v) is 12.6. The van der Waals surface area contributed by atoms with E-state index in [1.807, 2.05) is 0 Å². The van der Waals surface area contributed by atoms with Gasteiger partial charge in [-0.2, -0.15) is 13.2 Å². The number of hydrogen-bond donors (Lipinski definition) is 1. The lowest BCUT2D eigenvalue weighted by molar-refractivity contribution is -0.166. The van der Waals surface area contributed by atoms with Gasteiger partial charge in [0.15, 0.2) is 0 Å². The fourth-order valence-electron chi connectivity index (χ4n) is 2.11. The van der Waals surface area contributed by atoms with E-state index in [4.69, 9.17) is 9.84 Å². The molecule has 0 spiro atoms. The van der Waals surface area contributed by atoms with Crippen LogP contribution in [0.2, 0.25) is 0 Å². The van der Waals surface area contributed by atoms with Crippen LogP contribution in [0.1, 0.15) is 15.9 Å². The topological polar surface area (TPSA) is 91.6 Å². The number of methoxy groups -OCH3 is 1. The summed E-state index contributed by atoms with van der Waals surface area (Å²) in [6, 6.07) is 4.77. The normalized spacial score (nSPS) is 15.2. The summed E-state index contributed by atoms with van der Waals surface area (Å²) in [7, 11) is 1.38. The third kappa shape index (κ3) is 3.53. The first-order chi connectivity index (χ1) is 11.2. The number of carboxylic acid groups (broad SMARTS) is 1. The van der Waals surface area contributed by atoms with E-state index in [2.05, 4.69) is 10.2 Å². The number of aliphatic carboxylic acids is 1. The second-order valence-corrected chi connectivity index (χ2v) is 5.06. The fourth-order valence-corrected chi connectivity index (χ4v) is 2.11. The molecule has 1 aliphatic heterocycles.